The molecule has 12 nitrogen and oxygen atoms in total. The van der Waals surface area contributed by atoms with Gasteiger partial charge in [0.1, 0.15) is 48.9 Å². The van der Waals surface area contributed by atoms with Gasteiger partial charge in [-0.3, -0.25) is 20.2 Å². The predicted molar refractivity (Wildman–Crippen MR) is 160 cm³/mol. The number of nitrogens with one attached hydrogen (secondary N) is 2. The monoisotopic (exact) mass is 653 g/mol. The zero-order valence-electron chi connectivity index (χ0n) is 26.0. The van der Waals surface area contributed by atoms with Gasteiger partial charge in [0.15, 0.2) is 0 Å². The van der Waals surface area contributed by atoms with E-state index in [1.165, 1.54) is 19.1 Å². The van der Waals surface area contributed by atoms with E-state index in [0.29, 0.717) is 18.0 Å². The van der Waals surface area contributed by atoms with Crippen molar-refractivity contribution in [1.29, 1.82) is 0 Å². The Balaban J connectivity index is 1.80. The van der Waals surface area contributed by atoms with Crippen LogP contribution < -0.4 is 20.1 Å². The number of benzene rings is 2. The highest BCUT2D eigenvalue weighted by Gasteiger charge is 2.54. The van der Waals surface area contributed by atoms with Gasteiger partial charge < -0.3 is 29.4 Å². The van der Waals surface area contributed by atoms with E-state index in [1.54, 1.807) is 31.2 Å². The Morgan fingerprint density at radius 2 is 1.74 bits per heavy atom. The summed E-state index contributed by atoms with van der Waals surface area (Å²) in [5.74, 6) is -3.50. The topological polar surface area (TPSA) is 158 Å². The lowest BCUT2D eigenvalue weighted by Gasteiger charge is -2.38. The first-order valence-corrected chi connectivity index (χ1v) is 14.5. The number of halogens is 3. The van der Waals surface area contributed by atoms with Gasteiger partial charge in [0, 0.05) is 30.8 Å². The van der Waals surface area contributed by atoms with Crippen molar-refractivity contribution < 1.29 is 51.7 Å². The van der Waals surface area contributed by atoms with Crippen LogP contribution in [0.25, 0.3) is 5.57 Å². The van der Waals surface area contributed by atoms with E-state index < -0.39 is 58.9 Å². The summed E-state index contributed by atoms with van der Waals surface area (Å²) in [6.07, 6.45) is -6.36. The predicted octanol–water partition coefficient (Wildman–Crippen LogP) is 3.81. The fourth-order valence-electron chi connectivity index (χ4n) is 4.86. The molecular formula is C31H38F3N3O9. The Bertz CT molecular complexity index is 1400. The molecule has 5 atom stereocenters. The van der Waals surface area contributed by atoms with Crippen LogP contribution in [-0.4, -0.2) is 85.3 Å². The highest BCUT2D eigenvalue weighted by molar-refractivity contribution is 6.04. The first kappa shape index (κ1) is 36.3. The van der Waals surface area contributed by atoms with Crippen molar-refractivity contribution in [3.8, 4) is 11.5 Å². The third kappa shape index (κ3) is 9.64. The number of hydrogen-bond donors (Lipinski definition) is 3. The van der Waals surface area contributed by atoms with Gasteiger partial charge in [-0.15, -0.1) is 0 Å². The number of rotatable bonds is 14. The molecule has 15 heteroatoms. The van der Waals surface area contributed by atoms with E-state index in [4.69, 9.17) is 14.2 Å². The number of aliphatic hydroxyl groups is 1. The first-order valence-electron chi connectivity index (χ1n) is 14.5. The van der Waals surface area contributed by atoms with E-state index in [-0.39, 0.29) is 36.0 Å². The number of nitro benzene ring substituents is 1. The average molecular weight is 654 g/mol. The summed E-state index contributed by atoms with van der Waals surface area (Å²) >= 11 is 0. The van der Waals surface area contributed by atoms with Gasteiger partial charge in [-0.2, -0.15) is 13.2 Å². The smallest absolute Gasteiger partial charge is 0.405 e. The molecule has 46 heavy (non-hydrogen) atoms. The molecule has 0 bridgehead atoms. The van der Waals surface area contributed by atoms with E-state index in [1.807, 2.05) is 13.8 Å². The van der Waals surface area contributed by atoms with E-state index in [2.05, 4.69) is 15.4 Å². The van der Waals surface area contributed by atoms with Crippen LogP contribution in [0.4, 0.5) is 18.9 Å². The van der Waals surface area contributed by atoms with Crippen molar-refractivity contribution in [2.24, 2.45) is 5.92 Å². The number of aliphatic hydroxyl groups excluding tert-OH is 1. The minimum absolute atomic E-state index is 0.0777. The quantitative estimate of drug-likeness (QED) is 0.155. The molecule has 2 aromatic carbocycles. The van der Waals surface area contributed by atoms with Crippen LogP contribution in [0.1, 0.15) is 33.3 Å². The minimum Gasteiger partial charge on any atom is -0.491 e. The molecule has 0 aliphatic carbocycles. The van der Waals surface area contributed by atoms with Crippen LogP contribution in [-0.2, 0) is 19.1 Å². The lowest BCUT2D eigenvalue weighted by Crippen LogP contribution is -2.58. The van der Waals surface area contributed by atoms with Gasteiger partial charge in [0.2, 0.25) is 0 Å². The number of methoxy groups -OCH3 is 1. The molecule has 3 rings (SSSR count). The van der Waals surface area contributed by atoms with E-state index in [9.17, 15) is 38.0 Å². The molecule has 0 saturated heterocycles. The summed E-state index contributed by atoms with van der Waals surface area (Å²) in [4.78, 5) is 36.9. The summed E-state index contributed by atoms with van der Waals surface area (Å²) in [6.45, 7) is 6.95. The summed E-state index contributed by atoms with van der Waals surface area (Å²) in [6, 6.07) is 7.64. The Hall–Kier alpha value is -4.21. The number of carbonyl (C=O) groups excluding carboxylic acids is 2. The van der Waals surface area contributed by atoms with Crippen molar-refractivity contribution >= 4 is 23.2 Å². The van der Waals surface area contributed by atoms with E-state index >= 15 is 0 Å². The summed E-state index contributed by atoms with van der Waals surface area (Å²) in [5.41, 5.74) is -1.28. The number of nitrogens with zero attached hydrogens (tertiary/aromatic N) is 1. The second-order valence-electron chi connectivity index (χ2n) is 11.1. The van der Waals surface area contributed by atoms with Gasteiger partial charge in [0.05, 0.1) is 17.6 Å². The maximum Gasteiger partial charge on any atom is 0.405 e. The van der Waals surface area contributed by atoms with Gasteiger partial charge in [-0.25, -0.2) is 4.79 Å². The zero-order chi connectivity index (χ0) is 34.2. The summed E-state index contributed by atoms with van der Waals surface area (Å²) < 4.78 is 64.0. The molecule has 0 spiro atoms. The van der Waals surface area contributed by atoms with Crippen LogP contribution in [0.2, 0.25) is 0 Å². The third-order valence-electron chi connectivity index (χ3n) is 7.01. The number of carbonyl (C=O) groups is 2. The minimum atomic E-state index is -4.94. The van der Waals surface area contributed by atoms with Gasteiger partial charge in [0.25, 0.3) is 5.69 Å². The number of ether oxygens (including phenoxy) is 4. The van der Waals surface area contributed by atoms with Crippen molar-refractivity contribution in [2.45, 2.75) is 64.2 Å². The van der Waals surface area contributed by atoms with Crippen LogP contribution in [0.15, 0.2) is 54.1 Å². The molecule has 1 heterocycles. The molecule has 252 valence electrons. The van der Waals surface area contributed by atoms with Gasteiger partial charge in [-0.05, 0) is 49.2 Å². The van der Waals surface area contributed by atoms with Crippen LogP contribution in [0, 0.1) is 16.0 Å². The second-order valence-corrected chi connectivity index (χ2v) is 11.1. The fraction of sp³-hybridized carbons (Fsp3) is 0.484. The second kappa shape index (κ2) is 15.9. The Labute approximate surface area is 264 Å². The highest BCUT2D eigenvalue weighted by atomic mass is 19.4. The molecule has 0 amide bonds. The highest BCUT2D eigenvalue weighted by Crippen LogP contribution is 2.42. The van der Waals surface area contributed by atoms with Gasteiger partial charge >= 0.3 is 18.1 Å². The Morgan fingerprint density at radius 1 is 1.09 bits per heavy atom. The standard InChI is InChI=1S/C31H38F3N3O9/c1-17(2)35-14-22(38)16-44-23-9-11-24(12-10-23)46-18(3)15-45-30(40)25-19(4)36-28(31(32,33)34)27(29(39)43-5)26(25)20-7-6-8-21(13-20)37(41)42/h6-13,17-19,22,27-28,35-36,38H,14-16H2,1-5H3. The molecule has 2 aromatic rings. The molecule has 0 aromatic heterocycles. The number of alkyl halides is 3. The molecule has 3 N–H and O–H groups in total. The maximum atomic E-state index is 14.2. The molecule has 0 fully saturated rings. The molecule has 0 saturated carbocycles. The van der Waals surface area contributed by atoms with Crippen LogP contribution >= 0.6 is 0 Å². The van der Waals surface area contributed by atoms with Crippen molar-refractivity contribution in [2.75, 3.05) is 26.9 Å². The zero-order valence-corrected chi connectivity index (χ0v) is 26.0. The number of nitro groups is 1. The Morgan fingerprint density at radius 3 is 2.33 bits per heavy atom. The summed E-state index contributed by atoms with van der Waals surface area (Å²) in [7, 11) is 0.906. The van der Waals surface area contributed by atoms with Crippen molar-refractivity contribution in [3.05, 3.63) is 69.8 Å². The molecule has 1 aliphatic heterocycles. The average Bonchev–Trinajstić information content (AvgIpc) is 3.00. The lowest BCUT2D eigenvalue weighted by molar-refractivity contribution is -0.384. The van der Waals surface area contributed by atoms with Crippen LogP contribution in [0.3, 0.4) is 0 Å². The normalized spacial score (nSPS) is 19.7. The molecule has 1 aliphatic rings. The molecule has 0 radical (unpaired) electrons. The largest absolute Gasteiger partial charge is 0.491 e. The third-order valence-corrected chi connectivity index (χ3v) is 7.01. The Kier molecular flexibility index (Phi) is 12.5. The maximum absolute atomic E-state index is 14.2. The number of esters is 2. The number of non-ortho nitro benzene ring substituents is 1. The SMILES string of the molecule is COC(=O)C1C(c2cccc([N+](=O)[O-])c2)=C(C(=O)OCC(C)Oc2ccc(OCC(O)CNC(C)C)cc2)C(C)NC1C(F)(F)F. The fourth-order valence-corrected chi connectivity index (χ4v) is 4.86. The summed E-state index contributed by atoms with van der Waals surface area (Å²) in [5, 5.41) is 26.8. The number of hydrogen-bond acceptors (Lipinski definition) is 11. The van der Waals surface area contributed by atoms with Gasteiger partial charge in [-0.1, -0.05) is 26.0 Å². The lowest BCUT2D eigenvalue weighted by atomic mass is 9.77. The first-order chi connectivity index (χ1) is 21.6. The van der Waals surface area contributed by atoms with Crippen molar-refractivity contribution in [1.82, 2.24) is 10.6 Å². The van der Waals surface area contributed by atoms with Crippen molar-refractivity contribution in [3.63, 3.8) is 0 Å². The van der Waals surface area contributed by atoms with Crippen LogP contribution in [0.5, 0.6) is 11.5 Å². The van der Waals surface area contributed by atoms with E-state index in [0.717, 1.165) is 19.2 Å². The molecular weight excluding hydrogens is 615 g/mol. The molecule has 5 unspecified atom stereocenters.